The van der Waals surface area contributed by atoms with Gasteiger partial charge >= 0.3 is 0 Å². The van der Waals surface area contributed by atoms with Gasteiger partial charge in [-0.1, -0.05) is 60.7 Å². The summed E-state index contributed by atoms with van der Waals surface area (Å²) in [5.41, 5.74) is 5.25. The third-order valence-corrected chi connectivity index (χ3v) is 4.72. The van der Waals surface area contributed by atoms with Crippen LogP contribution in [0.5, 0.6) is 0 Å². The molecule has 1 N–H and O–H groups in total. The van der Waals surface area contributed by atoms with Gasteiger partial charge in [-0.15, -0.1) is 0 Å². The molecule has 1 saturated heterocycles. The van der Waals surface area contributed by atoms with Crippen molar-refractivity contribution in [1.29, 1.82) is 0 Å². The molecular formula is C22H27NO. The summed E-state index contributed by atoms with van der Waals surface area (Å²) >= 11 is 0. The SMILES string of the molecule is OCCCC(=C(c1ccccc1)c1ccccc1)N1CCCCC1. The van der Waals surface area contributed by atoms with Gasteiger partial charge in [0, 0.05) is 31.0 Å². The Morgan fingerprint density at radius 2 is 1.33 bits per heavy atom. The van der Waals surface area contributed by atoms with Gasteiger partial charge in [0.1, 0.15) is 0 Å². The van der Waals surface area contributed by atoms with Crippen LogP contribution in [0.2, 0.25) is 0 Å². The number of rotatable bonds is 6. The third kappa shape index (κ3) is 4.07. The zero-order chi connectivity index (χ0) is 16.6. The molecule has 3 rings (SSSR count). The second kappa shape index (κ2) is 8.70. The topological polar surface area (TPSA) is 23.5 Å². The first-order chi connectivity index (χ1) is 11.9. The summed E-state index contributed by atoms with van der Waals surface area (Å²) in [7, 11) is 0. The van der Waals surface area contributed by atoms with Gasteiger partial charge in [-0.25, -0.2) is 0 Å². The fourth-order valence-corrected chi connectivity index (χ4v) is 3.56. The highest BCUT2D eigenvalue weighted by Gasteiger charge is 2.19. The molecular weight excluding hydrogens is 294 g/mol. The standard InChI is InChI=1S/C22H27NO/c24-18-10-15-21(23-16-8-3-9-17-23)22(19-11-4-1-5-12-19)20-13-6-2-7-14-20/h1-2,4-7,11-14,24H,3,8-10,15-18H2. The molecule has 1 aliphatic rings. The van der Waals surface area contributed by atoms with Crippen molar-refractivity contribution in [3.8, 4) is 0 Å². The minimum Gasteiger partial charge on any atom is -0.396 e. The summed E-state index contributed by atoms with van der Waals surface area (Å²) in [5, 5.41) is 9.40. The molecule has 2 aromatic carbocycles. The first-order valence-electron chi connectivity index (χ1n) is 9.10. The lowest BCUT2D eigenvalue weighted by Crippen LogP contribution is -2.30. The van der Waals surface area contributed by atoms with Crippen LogP contribution in [0.3, 0.4) is 0 Å². The van der Waals surface area contributed by atoms with Crippen molar-refractivity contribution in [2.45, 2.75) is 32.1 Å². The quantitative estimate of drug-likeness (QED) is 0.833. The van der Waals surface area contributed by atoms with E-state index >= 15 is 0 Å². The average Bonchev–Trinajstić information content (AvgIpc) is 2.67. The lowest BCUT2D eigenvalue weighted by Gasteiger charge is -2.33. The number of hydrogen-bond donors (Lipinski definition) is 1. The molecule has 0 amide bonds. The molecule has 24 heavy (non-hydrogen) atoms. The van der Waals surface area contributed by atoms with Gasteiger partial charge in [0.05, 0.1) is 0 Å². The molecule has 0 atom stereocenters. The largest absolute Gasteiger partial charge is 0.396 e. The van der Waals surface area contributed by atoms with Crippen LogP contribution in [0.1, 0.15) is 43.2 Å². The van der Waals surface area contributed by atoms with E-state index < -0.39 is 0 Å². The number of nitrogens with zero attached hydrogens (tertiary/aromatic N) is 1. The van der Waals surface area contributed by atoms with Crippen molar-refractivity contribution in [3.05, 3.63) is 77.5 Å². The lowest BCUT2D eigenvalue weighted by molar-refractivity contribution is 0.256. The van der Waals surface area contributed by atoms with Crippen LogP contribution in [-0.2, 0) is 0 Å². The van der Waals surface area contributed by atoms with Gasteiger partial charge < -0.3 is 10.0 Å². The van der Waals surface area contributed by atoms with E-state index in [1.165, 1.54) is 41.7 Å². The Balaban J connectivity index is 2.11. The van der Waals surface area contributed by atoms with Crippen LogP contribution >= 0.6 is 0 Å². The predicted octanol–water partition coefficient (Wildman–Crippen LogP) is 4.70. The molecule has 0 saturated carbocycles. The van der Waals surface area contributed by atoms with Crippen LogP contribution in [0, 0.1) is 0 Å². The van der Waals surface area contributed by atoms with E-state index in [2.05, 4.69) is 65.6 Å². The summed E-state index contributed by atoms with van der Waals surface area (Å²) in [6.45, 7) is 2.50. The minimum absolute atomic E-state index is 0.244. The molecule has 0 bridgehead atoms. The smallest absolute Gasteiger partial charge is 0.0434 e. The summed E-state index contributed by atoms with van der Waals surface area (Å²) in [6.07, 6.45) is 5.60. The molecule has 0 radical (unpaired) electrons. The number of aliphatic hydroxyl groups is 1. The maximum atomic E-state index is 9.40. The summed E-state index contributed by atoms with van der Waals surface area (Å²) in [4.78, 5) is 2.55. The highest BCUT2D eigenvalue weighted by atomic mass is 16.2. The van der Waals surface area contributed by atoms with Crippen molar-refractivity contribution < 1.29 is 5.11 Å². The Morgan fingerprint density at radius 3 is 1.83 bits per heavy atom. The van der Waals surface area contributed by atoms with Crippen molar-refractivity contribution >= 4 is 5.57 Å². The predicted molar refractivity (Wildman–Crippen MR) is 101 cm³/mol. The Kier molecular flexibility index (Phi) is 6.08. The Morgan fingerprint density at radius 1 is 0.792 bits per heavy atom. The Bertz CT molecular complexity index is 601. The molecule has 0 unspecified atom stereocenters. The number of benzene rings is 2. The van der Waals surface area contributed by atoms with E-state index in [-0.39, 0.29) is 6.61 Å². The van der Waals surface area contributed by atoms with Gasteiger partial charge in [0.2, 0.25) is 0 Å². The summed E-state index contributed by atoms with van der Waals surface area (Å²) in [6, 6.07) is 21.4. The van der Waals surface area contributed by atoms with Gasteiger partial charge in [0.15, 0.2) is 0 Å². The summed E-state index contributed by atoms with van der Waals surface area (Å²) < 4.78 is 0. The molecule has 1 heterocycles. The highest BCUT2D eigenvalue weighted by Crippen LogP contribution is 2.32. The maximum Gasteiger partial charge on any atom is 0.0434 e. The van der Waals surface area contributed by atoms with Crippen molar-refractivity contribution in [3.63, 3.8) is 0 Å². The fourth-order valence-electron chi connectivity index (χ4n) is 3.56. The Labute approximate surface area is 145 Å². The van der Waals surface area contributed by atoms with Crippen LogP contribution in [0.4, 0.5) is 0 Å². The molecule has 2 aromatic rings. The van der Waals surface area contributed by atoms with Crippen molar-refractivity contribution in [2.75, 3.05) is 19.7 Å². The van der Waals surface area contributed by atoms with Gasteiger partial charge in [-0.2, -0.15) is 0 Å². The van der Waals surface area contributed by atoms with E-state index in [0.29, 0.717) is 0 Å². The Hall–Kier alpha value is -2.06. The van der Waals surface area contributed by atoms with Crippen molar-refractivity contribution in [2.24, 2.45) is 0 Å². The molecule has 0 spiro atoms. The second-order valence-electron chi connectivity index (χ2n) is 6.43. The van der Waals surface area contributed by atoms with Crippen LogP contribution in [0.15, 0.2) is 66.4 Å². The number of piperidine rings is 1. The second-order valence-corrected chi connectivity index (χ2v) is 6.43. The molecule has 1 aliphatic heterocycles. The van der Waals surface area contributed by atoms with E-state index in [1.807, 2.05) is 0 Å². The molecule has 1 fully saturated rings. The average molecular weight is 321 g/mol. The van der Waals surface area contributed by atoms with E-state index in [0.717, 1.165) is 25.9 Å². The zero-order valence-electron chi connectivity index (χ0n) is 14.3. The summed E-state index contributed by atoms with van der Waals surface area (Å²) in [5.74, 6) is 0. The molecule has 2 nitrogen and oxygen atoms in total. The number of likely N-dealkylation sites (tertiary alicyclic amines) is 1. The van der Waals surface area contributed by atoms with E-state index in [1.54, 1.807) is 0 Å². The fraction of sp³-hybridized carbons (Fsp3) is 0.364. The van der Waals surface area contributed by atoms with Crippen LogP contribution in [-0.4, -0.2) is 29.7 Å². The minimum atomic E-state index is 0.244. The normalized spacial score (nSPS) is 14.5. The first kappa shape index (κ1) is 16.8. The number of allylic oxidation sites excluding steroid dienone is 1. The van der Waals surface area contributed by atoms with E-state index in [4.69, 9.17) is 0 Å². The highest BCUT2D eigenvalue weighted by molar-refractivity contribution is 5.81. The molecule has 2 heteroatoms. The zero-order valence-corrected chi connectivity index (χ0v) is 14.3. The monoisotopic (exact) mass is 321 g/mol. The maximum absolute atomic E-state index is 9.40. The molecule has 0 aromatic heterocycles. The number of hydrogen-bond acceptors (Lipinski definition) is 2. The number of aliphatic hydroxyl groups excluding tert-OH is 1. The molecule has 126 valence electrons. The van der Waals surface area contributed by atoms with Crippen LogP contribution < -0.4 is 0 Å². The lowest BCUT2D eigenvalue weighted by atomic mass is 9.93. The molecule has 0 aliphatic carbocycles. The van der Waals surface area contributed by atoms with Crippen LogP contribution in [0.25, 0.3) is 5.57 Å². The third-order valence-electron chi connectivity index (χ3n) is 4.72. The van der Waals surface area contributed by atoms with Gasteiger partial charge in [-0.3, -0.25) is 0 Å². The van der Waals surface area contributed by atoms with Crippen molar-refractivity contribution in [1.82, 2.24) is 4.90 Å². The van der Waals surface area contributed by atoms with E-state index in [9.17, 15) is 5.11 Å². The first-order valence-corrected chi connectivity index (χ1v) is 9.10. The van der Waals surface area contributed by atoms with Gasteiger partial charge in [0.25, 0.3) is 0 Å². The van der Waals surface area contributed by atoms with Gasteiger partial charge in [-0.05, 0) is 43.2 Å².